The van der Waals surface area contributed by atoms with Crippen molar-refractivity contribution in [3.05, 3.63) is 0 Å². The summed E-state index contributed by atoms with van der Waals surface area (Å²) in [5.41, 5.74) is 5.13. The number of nitrogens with two attached hydrogens (primary N) is 1. The van der Waals surface area contributed by atoms with Crippen LogP contribution < -0.4 is 5.73 Å². The molecule has 1 unspecified atom stereocenters. The lowest BCUT2D eigenvalue weighted by atomic mass is 10.2. The van der Waals surface area contributed by atoms with Gasteiger partial charge in [-0.15, -0.1) is 0 Å². The zero-order chi connectivity index (χ0) is 4.99. The van der Waals surface area contributed by atoms with Crippen LogP contribution in [0, 0.1) is 11.3 Å². The van der Waals surface area contributed by atoms with Gasteiger partial charge in [-0.05, 0) is 12.8 Å². The molecule has 0 rings (SSSR count). The van der Waals surface area contributed by atoms with E-state index in [1.807, 2.05) is 6.92 Å². The normalized spacial score (nSPS) is 13.7. The van der Waals surface area contributed by atoms with Gasteiger partial charge in [-0.2, -0.15) is 0 Å². The molecule has 0 aromatic carbocycles. The Labute approximate surface area is 37.9 Å². The lowest BCUT2D eigenvalue weighted by Gasteiger charge is -1.92. The Bertz CT molecular complexity index is 42.8. The van der Waals surface area contributed by atoms with Crippen molar-refractivity contribution in [2.24, 2.45) is 11.7 Å². The molecule has 0 bridgehead atoms. The Morgan fingerprint density at radius 1 is 2.00 bits per heavy atom. The molecule has 0 aromatic heterocycles. The fourth-order valence-corrected chi connectivity index (χ4v) is 0.0680. The molecular weight excluding hydrogens is 76.1 g/mol. The maximum atomic E-state index is 6.60. The summed E-state index contributed by atoms with van der Waals surface area (Å²) in [5.74, 6) is 0.255. The molecule has 1 atom stereocenters. The van der Waals surface area contributed by atoms with E-state index in [-0.39, 0.29) is 5.92 Å². The minimum absolute atomic E-state index is 0.255. The van der Waals surface area contributed by atoms with Crippen molar-refractivity contribution in [3.63, 3.8) is 0 Å². The van der Waals surface area contributed by atoms with Crippen LogP contribution in [0.15, 0.2) is 0 Å². The van der Waals surface area contributed by atoms with Crippen molar-refractivity contribution in [3.8, 4) is 0 Å². The van der Waals surface area contributed by atoms with Crippen LogP contribution in [-0.2, 0) is 0 Å². The standard InChI is InChI=1S/C4H10N2/c1-4(2-5)3-6/h2,4-5H,3,6H2,1H3. The highest BCUT2D eigenvalue weighted by atomic mass is 14.5. The molecule has 36 valence electrons. The predicted octanol–water partition coefficient (Wildman–Crippen LogP) is 0.231. The van der Waals surface area contributed by atoms with Gasteiger partial charge in [0.05, 0.1) is 0 Å². The van der Waals surface area contributed by atoms with E-state index in [2.05, 4.69) is 0 Å². The molecule has 0 spiro atoms. The summed E-state index contributed by atoms with van der Waals surface area (Å²) >= 11 is 0. The molecule has 0 fully saturated rings. The van der Waals surface area contributed by atoms with E-state index in [4.69, 9.17) is 11.1 Å². The number of hydrogen-bond donors (Lipinski definition) is 2. The molecule has 0 radical (unpaired) electrons. The molecule has 3 N–H and O–H groups in total. The minimum Gasteiger partial charge on any atom is -0.330 e. The van der Waals surface area contributed by atoms with Crippen LogP contribution in [0.2, 0.25) is 0 Å². The van der Waals surface area contributed by atoms with Crippen molar-refractivity contribution in [1.82, 2.24) is 0 Å². The summed E-state index contributed by atoms with van der Waals surface area (Å²) in [6, 6.07) is 0. The maximum Gasteiger partial charge on any atom is 0.00297 e. The molecule has 0 saturated heterocycles. The number of nitrogens with one attached hydrogen (secondary N) is 1. The lowest BCUT2D eigenvalue weighted by Crippen LogP contribution is -2.10. The second kappa shape index (κ2) is 2.85. The van der Waals surface area contributed by atoms with E-state index >= 15 is 0 Å². The molecule has 0 aliphatic rings. The number of rotatable bonds is 2. The quantitative estimate of drug-likeness (QED) is 0.464. The topological polar surface area (TPSA) is 49.9 Å². The van der Waals surface area contributed by atoms with Crippen LogP contribution in [0.3, 0.4) is 0 Å². The van der Waals surface area contributed by atoms with Crippen LogP contribution in [0.5, 0.6) is 0 Å². The predicted molar refractivity (Wildman–Crippen MR) is 27.0 cm³/mol. The maximum absolute atomic E-state index is 6.60. The van der Waals surface area contributed by atoms with E-state index in [0.29, 0.717) is 6.54 Å². The first-order valence-electron chi connectivity index (χ1n) is 2.02. The summed E-state index contributed by atoms with van der Waals surface area (Å²) in [5, 5.41) is 6.60. The van der Waals surface area contributed by atoms with Crippen molar-refractivity contribution < 1.29 is 0 Å². The zero-order valence-corrected chi connectivity index (χ0v) is 3.94. The summed E-state index contributed by atoms with van der Waals surface area (Å²) in [6.45, 7) is 2.50. The third-order valence-electron chi connectivity index (χ3n) is 0.656. The van der Waals surface area contributed by atoms with Gasteiger partial charge in [0.15, 0.2) is 0 Å². The smallest absolute Gasteiger partial charge is 0.00297 e. The van der Waals surface area contributed by atoms with Crippen molar-refractivity contribution >= 4 is 6.21 Å². The SMILES string of the molecule is CC(C=N)CN. The highest BCUT2D eigenvalue weighted by Crippen LogP contribution is 1.79. The van der Waals surface area contributed by atoms with E-state index < -0.39 is 0 Å². The summed E-state index contributed by atoms with van der Waals surface area (Å²) in [4.78, 5) is 0. The van der Waals surface area contributed by atoms with Gasteiger partial charge in [0.2, 0.25) is 0 Å². The van der Waals surface area contributed by atoms with Gasteiger partial charge in [0.1, 0.15) is 0 Å². The summed E-state index contributed by atoms with van der Waals surface area (Å²) in [7, 11) is 0. The molecule has 6 heavy (non-hydrogen) atoms. The third-order valence-corrected chi connectivity index (χ3v) is 0.656. The Morgan fingerprint density at radius 3 is 2.50 bits per heavy atom. The second-order valence-corrected chi connectivity index (χ2v) is 1.38. The molecule has 2 nitrogen and oxygen atoms in total. The van der Waals surface area contributed by atoms with E-state index in [1.165, 1.54) is 6.21 Å². The highest BCUT2D eigenvalue weighted by molar-refractivity contribution is 5.56. The molecular formula is C4H10N2. The van der Waals surface area contributed by atoms with Crippen LogP contribution in [0.4, 0.5) is 0 Å². The summed E-state index contributed by atoms with van der Waals surface area (Å²) in [6.07, 6.45) is 1.35. The van der Waals surface area contributed by atoms with Crippen molar-refractivity contribution in [1.29, 1.82) is 5.41 Å². The van der Waals surface area contributed by atoms with Gasteiger partial charge in [-0.3, -0.25) is 0 Å². The third kappa shape index (κ3) is 1.91. The Balaban J connectivity index is 2.96. The first kappa shape index (κ1) is 5.63. The fraction of sp³-hybridized carbons (Fsp3) is 0.750. The van der Waals surface area contributed by atoms with Crippen molar-refractivity contribution in [2.45, 2.75) is 6.92 Å². The first-order valence-corrected chi connectivity index (χ1v) is 2.02. The zero-order valence-electron chi connectivity index (χ0n) is 3.94. The van der Waals surface area contributed by atoms with Gasteiger partial charge in [0, 0.05) is 5.92 Å². The van der Waals surface area contributed by atoms with Gasteiger partial charge in [-0.1, -0.05) is 6.92 Å². The van der Waals surface area contributed by atoms with Crippen LogP contribution in [0.25, 0.3) is 0 Å². The average molecular weight is 86.1 g/mol. The van der Waals surface area contributed by atoms with Gasteiger partial charge in [0.25, 0.3) is 0 Å². The minimum atomic E-state index is 0.255. The van der Waals surface area contributed by atoms with E-state index in [0.717, 1.165) is 0 Å². The van der Waals surface area contributed by atoms with Crippen LogP contribution in [-0.4, -0.2) is 12.8 Å². The molecule has 0 aliphatic heterocycles. The Hall–Kier alpha value is -0.370. The van der Waals surface area contributed by atoms with E-state index in [1.54, 1.807) is 0 Å². The highest BCUT2D eigenvalue weighted by Gasteiger charge is 1.86. The molecule has 2 heteroatoms. The largest absolute Gasteiger partial charge is 0.330 e. The van der Waals surface area contributed by atoms with Crippen LogP contribution >= 0.6 is 0 Å². The second-order valence-electron chi connectivity index (χ2n) is 1.38. The lowest BCUT2D eigenvalue weighted by molar-refractivity contribution is 0.795. The Kier molecular flexibility index (Phi) is 2.67. The molecule has 0 heterocycles. The van der Waals surface area contributed by atoms with E-state index in [9.17, 15) is 0 Å². The van der Waals surface area contributed by atoms with Crippen molar-refractivity contribution in [2.75, 3.05) is 6.54 Å². The Morgan fingerprint density at radius 2 is 2.50 bits per heavy atom. The van der Waals surface area contributed by atoms with Gasteiger partial charge >= 0.3 is 0 Å². The molecule has 0 aromatic rings. The fourth-order valence-electron chi connectivity index (χ4n) is 0.0680. The molecule has 0 saturated carbocycles. The van der Waals surface area contributed by atoms with Crippen LogP contribution in [0.1, 0.15) is 6.92 Å². The average Bonchev–Trinajstić information content (AvgIpc) is 1.65. The first-order chi connectivity index (χ1) is 2.81. The monoisotopic (exact) mass is 86.1 g/mol. The molecule has 0 aliphatic carbocycles. The number of hydrogen-bond acceptors (Lipinski definition) is 2. The van der Waals surface area contributed by atoms with Gasteiger partial charge in [-0.25, -0.2) is 0 Å². The van der Waals surface area contributed by atoms with Gasteiger partial charge < -0.3 is 11.1 Å². The molecule has 0 amide bonds. The summed E-state index contributed by atoms with van der Waals surface area (Å²) < 4.78 is 0.